The molecule has 0 saturated heterocycles. The van der Waals surface area contributed by atoms with Crippen molar-refractivity contribution < 1.29 is 23.1 Å². The van der Waals surface area contributed by atoms with Crippen molar-refractivity contribution in [2.75, 3.05) is 25.6 Å². The van der Waals surface area contributed by atoms with E-state index in [1.165, 1.54) is 25.3 Å². The molecular weight excluding hydrogens is 320 g/mol. The van der Waals surface area contributed by atoms with E-state index in [4.69, 9.17) is 4.74 Å². The van der Waals surface area contributed by atoms with E-state index in [9.17, 15) is 18.3 Å². The highest BCUT2D eigenvalue weighted by Gasteiger charge is 2.20. The average Bonchev–Trinajstić information content (AvgIpc) is 2.47. The first-order valence-corrected chi connectivity index (χ1v) is 8.92. The van der Waals surface area contributed by atoms with Gasteiger partial charge in [-0.1, -0.05) is 13.3 Å². The summed E-state index contributed by atoms with van der Waals surface area (Å²) in [7, 11) is -2.32. The van der Waals surface area contributed by atoms with E-state index in [0.29, 0.717) is 12.2 Å². The minimum Gasteiger partial charge on any atom is -0.478 e. The number of carboxylic acid groups (broad SMARTS) is 1. The van der Waals surface area contributed by atoms with Gasteiger partial charge < -0.3 is 15.2 Å². The summed E-state index contributed by atoms with van der Waals surface area (Å²) >= 11 is 0. The van der Waals surface area contributed by atoms with Gasteiger partial charge in [-0.3, -0.25) is 0 Å². The van der Waals surface area contributed by atoms with Crippen LogP contribution in [0.15, 0.2) is 23.1 Å². The Morgan fingerprint density at radius 1 is 1.39 bits per heavy atom. The highest BCUT2D eigenvalue weighted by Crippen LogP contribution is 2.21. The maximum Gasteiger partial charge on any atom is 0.337 e. The highest BCUT2D eigenvalue weighted by atomic mass is 32.2. The predicted molar refractivity (Wildman–Crippen MR) is 88.5 cm³/mol. The van der Waals surface area contributed by atoms with Crippen LogP contribution in [0.5, 0.6) is 0 Å². The lowest BCUT2D eigenvalue weighted by Gasteiger charge is -2.15. The van der Waals surface area contributed by atoms with Gasteiger partial charge in [0.15, 0.2) is 0 Å². The van der Waals surface area contributed by atoms with Gasteiger partial charge in [-0.25, -0.2) is 17.9 Å². The summed E-state index contributed by atoms with van der Waals surface area (Å²) in [6.45, 7) is 4.55. The Kier molecular flexibility index (Phi) is 7.47. The van der Waals surface area contributed by atoms with Crippen LogP contribution in [-0.2, 0) is 14.8 Å². The molecule has 130 valence electrons. The number of carboxylic acids is 1. The monoisotopic (exact) mass is 344 g/mol. The lowest BCUT2D eigenvalue weighted by molar-refractivity contribution is 0.0697. The maximum absolute atomic E-state index is 12.3. The number of methoxy groups -OCH3 is 1. The van der Waals surface area contributed by atoms with Crippen molar-refractivity contribution in [1.82, 2.24) is 4.72 Å². The standard InChI is InChI=1S/C15H24N2O5S/c1-4-5-8-16-14-7-6-12(9-13(14)15(18)19)23(20,21)17-11(2)10-22-3/h6-7,9,11,16-17H,4-5,8,10H2,1-3H3,(H,18,19)/t11-/m0/s1. The molecule has 0 unspecified atom stereocenters. The predicted octanol–water partition coefficient (Wildman–Crippen LogP) is 1.91. The van der Waals surface area contributed by atoms with Crippen molar-refractivity contribution in [1.29, 1.82) is 0 Å². The van der Waals surface area contributed by atoms with Crippen molar-refractivity contribution in [3.05, 3.63) is 23.8 Å². The second kappa shape index (κ2) is 8.85. The molecule has 0 aliphatic carbocycles. The van der Waals surface area contributed by atoms with Gasteiger partial charge in [0.05, 0.1) is 17.1 Å². The van der Waals surface area contributed by atoms with Crippen LogP contribution in [0.4, 0.5) is 5.69 Å². The molecule has 7 nitrogen and oxygen atoms in total. The van der Waals surface area contributed by atoms with Gasteiger partial charge in [0, 0.05) is 25.4 Å². The summed E-state index contributed by atoms with van der Waals surface area (Å²) in [6, 6.07) is 3.62. The molecule has 1 rings (SSSR count). The minimum absolute atomic E-state index is 0.0663. The van der Waals surface area contributed by atoms with E-state index < -0.39 is 22.0 Å². The zero-order valence-electron chi connectivity index (χ0n) is 13.6. The summed E-state index contributed by atoms with van der Waals surface area (Å²) in [4.78, 5) is 11.3. The van der Waals surface area contributed by atoms with Crippen LogP contribution < -0.4 is 10.0 Å². The summed E-state index contributed by atoms with van der Waals surface area (Å²) in [6.07, 6.45) is 1.87. The van der Waals surface area contributed by atoms with Crippen molar-refractivity contribution in [3.63, 3.8) is 0 Å². The molecule has 0 bridgehead atoms. The number of rotatable bonds is 10. The fourth-order valence-electron chi connectivity index (χ4n) is 2.04. The molecule has 0 amide bonds. The van der Waals surface area contributed by atoms with Crippen LogP contribution >= 0.6 is 0 Å². The quantitative estimate of drug-likeness (QED) is 0.560. The number of hydrogen-bond acceptors (Lipinski definition) is 5. The number of hydrogen-bond donors (Lipinski definition) is 3. The number of benzene rings is 1. The molecule has 8 heteroatoms. The second-order valence-corrected chi connectivity index (χ2v) is 6.98. The van der Waals surface area contributed by atoms with Crippen molar-refractivity contribution >= 4 is 21.7 Å². The summed E-state index contributed by atoms with van der Waals surface area (Å²) in [5.74, 6) is -1.18. The SMILES string of the molecule is CCCCNc1ccc(S(=O)(=O)N[C@@H](C)COC)cc1C(=O)O. The number of aromatic carboxylic acids is 1. The van der Waals surface area contributed by atoms with E-state index in [2.05, 4.69) is 10.0 Å². The van der Waals surface area contributed by atoms with Crippen LogP contribution in [0.2, 0.25) is 0 Å². The Balaban J connectivity index is 3.04. The van der Waals surface area contributed by atoms with Crippen LogP contribution in [0.3, 0.4) is 0 Å². The van der Waals surface area contributed by atoms with E-state index in [1.807, 2.05) is 6.92 Å². The molecule has 0 aromatic heterocycles. The normalized spacial score (nSPS) is 12.8. The van der Waals surface area contributed by atoms with Gasteiger partial charge in [-0.05, 0) is 31.5 Å². The zero-order chi connectivity index (χ0) is 17.5. The molecule has 1 aromatic rings. The summed E-state index contributed by atoms with van der Waals surface area (Å²) < 4.78 is 31.9. The second-order valence-electron chi connectivity index (χ2n) is 5.27. The molecule has 3 N–H and O–H groups in total. The van der Waals surface area contributed by atoms with Gasteiger partial charge in [0.1, 0.15) is 0 Å². The van der Waals surface area contributed by atoms with E-state index in [1.54, 1.807) is 6.92 Å². The Labute approximate surface area is 137 Å². The largest absolute Gasteiger partial charge is 0.478 e. The lowest BCUT2D eigenvalue weighted by atomic mass is 10.1. The molecule has 0 aliphatic heterocycles. The number of ether oxygens (including phenoxy) is 1. The number of anilines is 1. The minimum atomic E-state index is -3.80. The molecule has 1 atom stereocenters. The Bertz CT molecular complexity index is 631. The Morgan fingerprint density at radius 3 is 2.65 bits per heavy atom. The first-order valence-electron chi connectivity index (χ1n) is 7.44. The van der Waals surface area contributed by atoms with Crippen LogP contribution in [0.25, 0.3) is 0 Å². The topological polar surface area (TPSA) is 105 Å². The van der Waals surface area contributed by atoms with E-state index in [0.717, 1.165) is 12.8 Å². The molecular formula is C15H24N2O5S. The number of nitrogens with one attached hydrogen (secondary N) is 2. The fourth-order valence-corrected chi connectivity index (χ4v) is 3.29. The smallest absolute Gasteiger partial charge is 0.337 e. The summed E-state index contributed by atoms with van der Waals surface area (Å²) in [5.41, 5.74) is 0.346. The number of carbonyl (C=O) groups is 1. The van der Waals surface area contributed by atoms with Crippen molar-refractivity contribution in [3.8, 4) is 0 Å². The Hall–Kier alpha value is -1.64. The van der Waals surface area contributed by atoms with Crippen LogP contribution in [-0.4, -0.2) is 45.8 Å². The summed E-state index contributed by atoms with van der Waals surface area (Å²) in [5, 5.41) is 12.3. The number of unbranched alkanes of at least 4 members (excludes halogenated alkanes) is 1. The van der Waals surface area contributed by atoms with Gasteiger partial charge in [0.25, 0.3) is 0 Å². The fraction of sp³-hybridized carbons (Fsp3) is 0.533. The van der Waals surface area contributed by atoms with Crippen LogP contribution in [0, 0.1) is 0 Å². The van der Waals surface area contributed by atoms with Gasteiger partial charge in [0.2, 0.25) is 10.0 Å². The zero-order valence-corrected chi connectivity index (χ0v) is 14.4. The molecule has 23 heavy (non-hydrogen) atoms. The third-order valence-corrected chi connectivity index (χ3v) is 4.74. The van der Waals surface area contributed by atoms with E-state index in [-0.39, 0.29) is 17.1 Å². The lowest BCUT2D eigenvalue weighted by Crippen LogP contribution is -2.35. The first kappa shape index (κ1) is 19.4. The average molecular weight is 344 g/mol. The highest BCUT2D eigenvalue weighted by molar-refractivity contribution is 7.89. The third-order valence-electron chi connectivity index (χ3n) is 3.15. The molecule has 0 radical (unpaired) electrons. The molecule has 0 heterocycles. The van der Waals surface area contributed by atoms with Gasteiger partial charge in [-0.2, -0.15) is 0 Å². The number of sulfonamides is 1. The van der Waals surface area contributed by atoms with Gasteiger partial charge in [-0.15, -0.1) is 0 Å². The van der Waals surface area contributed by atoms with Crippen molar-refractivity contribution in [2.45, 2.75) is 37.6 Å². The molecule has 0 fully saturated rings. The molecule has 0 aliphatic rings. The molecule has 0 saturated carbocycles. The van der Waals surface area contributed by atoms with E-state index >= 15 is 0 Å². The molecule has 1 aromatic carbocycles. The Morgan fingerprint density at radius 2 is 2.09 bits per heavy atom. The third kappa shape index (κ3) is 5.81. The maximum atomic E-state index is 12.3. The van der Waals surface area contributed by atoms with Gasteiger partial charge >= 0.3 is 5.97 Å². The van der Waals surface area contributed by atoms with Crippen LogP contribution in [0.1, 0.15) is 37.0 Å². The first-order chi connectivity index (χ1) is 10.8. The van der Waals surface area contributed by atoms with Crippen molar-refractivity contribution in [2.24, 2.45) is 0 Å². The molecule has 0 spiro atoms.